The van der Waals surface area contributed by atoms with Crippen molar-refractivity contribution in [3.8, 4) is 0 Å². The summed E-state index contributed by atoms with van der Waals surface area (Å²) >= 11 is 0. The number of hydrogen-bond acceptors (Lipinski definition) is 5. The van der Waals surface area contributed by atoms with E-state index in [9.17, 15) is 19.8 Å². The Hall–Kier alpha value is -2.12. The second-order valence-corrected chi connectivity index (χ2v) is 6.57. The van der Waals surface area contributed by atoms with E-state index in [-0.39, 0.29) is 25.2 Å². The summed E-state index contributed by atoms with van der Waals surface area (Å²) < 4.78 is 5.12. The van der Waals surface area contributed by atoms with Gasteiger partial charge in [-0.1, -0.05) is 36.8 Å². The third kappa shape index (κ3) is 6.65. The van der Waals surface area contributed by atoms with Crippen molar-refractivity contribution in [2.45, 2.75) is 50.9 Å². The maximum absolute atomic E-state index is 12.1. The molecule has 2 rings (SSSR count). The molecular formula is C19H28N2O5. The van der Waals surface area contributed by atoms with E-state index < -0.39 is 12.2 Å². The fourth-order valence-electron chi connectivity index (χ4n) is 3.06. The van der Waals surface area contributed by atoms with Crippen LogP contribution in [0.3, 0.4) is 0 Å². The number of rotatable bonds is 9. The summed E-state index contributed by atoms with van der Waals surface area (Å²) in [5.41, 5.74) is 0.939. The number of nitrogens with zero attached hydrogens (tertiary/aromatic N) is 1. The standard InChI is InChI=1S/C19H28N2O5/c22-13-16-11-17(23)12-21(16)18(24)9-5-2-6-10-20-19(25)26-14-15-7-3-1-4-8-15/h1,3-4,7-8,16-17,22-23H,2,5-6,9-14H2,(H,20,25)/t16-,17+/m0/s1. The molecule has 144 valence electrons. The number of β-amino-alcohol motifs (C(OH)–C–C–N with tert-alkyl or cyclic N) is 1. The maximum atomic E-state index is 12.1. The van der Waals surface area contributed by atoms with Gasteiger partial charge in [0.2, 0.25) is 5.91 Å². The number of benzene rings is 1. The van der Waals surface area contributed by atoms with Crippen molar-refractivity contribution >= 4 is 12.0 Å². The van der Waals surface area contributed by atoms with Crippen LogP contribution in [0.25, 0.3) is 0 Å². The normalized spacial score (nSPS) is 19.4. The molecule has 1 saturated heterocycles. The second kappa shape index (κ2) is 10.8. The Balaban J connectivity index is 1.51. The Morgan fingerprint density at radius 2 is 1.96 bits per heavy atom. The molecule has 1 heterocycles. The lowest BCUT2D eigenvalue weighted by Gasteiger charge is -2.22. The molecule has 1 aliphatic rings. The van der Waals surface area contributed by atoms with Crippen LogP contribution in [-0.4, -0.2) is 59.0 Å². The molecule has 3 N–H and O–H groups in total. The van der Waals surface area contributed by atoms with Gasteiger partial charge in [-0.3, -0.25) is 4.79 Å². The van der Waals surface area contributed by atoms with E-state index in [1.165, 1.54) is 0 Å². The van der Waals surface area contributed by atoms with Crippen molar-refractivity contribution in [1.82, 2.24) is 10.2 Å². The number of unbranched alkanes of at least 4 members (excludes halogenated alkanes) is 2. The van der Waals surface area contributed by atoms with Crippen molar-refractivity contribution in [2.24, 2.45) is 0 Å². The van der Waals surface area contributed by atoms with Crippen LogP contribution in [0.2, 0.25) is 0 Å². The number of alkyl carbamates (subject to hydrolysis) is 1. The molecule has 0 spiro atoms. The van der Waals surface area contributed by atoms with Gasteiger partial charge in [0.15, 0.2) is 0 Å². The molecule has 1 aromatic carbocycles. The Labute approximate surface area is 154 Å². The number of hydrogen-bond donors (Lipinski definition) is 3. The van der Waals surface area contributed by atoms with Gasteiger partial charge in [0.1, 0.15) is 6.61 Å². The van der Waals surface area contributed by atoms with Crippen molar-refractivity contribution in [3.05, 3.63) is 35.9 Å². The summed E-state index contributed by atoms with van der Waals surface area (Å²) in [6.07, 6.45) is 2.14. The van der Waals surface area contributed by atoms with Crippen molar-refractivity contribution in [1.29, 1.82) is 0 Å². The molecule has 7 nitrogen and oxygen atoms in total. The highest BCUT2D eigenvalue weighted by atomic mass is 16.5. The molecule has 2 atom stereocenters. The van der Waals surface area contributed by atoms with Gasteiger partial charge in [-0.2, -0.15) is 0 Å². The molecule has 1 fully saturated rings. The fourth-order valence-corrected chi connectivity index (χ4v) is 3.06. The molecule has 0 saturated carbocycles. The molecular weight excluding hydrogens is 336 g/mol. The second-order valence-electron chi connectivity index (χ2n) is 6.57. The van der Waals surface area contributed by atoms with Crippen molar-refractivity contribution in [2.75, 3.05) is 19.7 Å². The van der Waals surface area contributed by atoms with Crippen LogP contribution in [0.15, 0.2) is 30.3 Å². The molecule has 2 amide bonds. The first kappa shape index (κ1) is 20.2. The van der Waals surface area contributed by atoms with Crippen molar-refractivity contribution < 1.29 is 24.5 Å². The van der Waals surface area contributed by atoms with E-state index in [0.29, 0.717) is 32.4 Å². The van der Waals surface area contributed by atoms with Crippen LogP contribution in [0.4, 0.5) is 4.79 Å². The number of aliphatic hydroxyl groups excluding tert-OH is 2. The average molecular weight is 364 g/mol. The largest absolute Gasteiger partial charge is 0.445 e. The number of ether oxygens (including phenoxy) is 1. The maximum Gasteiger partial charge on any atom is 0.407 e. The summed E-state index contributed by atoms with van der Waals surface area (Å²) in [5.74, 6) is -0.0316. The van der Waals surface area contributed by atoms with E-state index in [2.05, 4.69) is 5.32 Å². The predicted octanol–water partition coefficient (Wildman–Crippen LogP) is 1.43. The molecule has 26 heavy (non-hydrogen) atoms. The average Bonchev–Trinajstić information content (AvgIpc) is 3.04. The summed E-state index contributed by atoms with van der Waals surface area (Å²) in [4.78, 5) is 25.3. The molecule has 1 aromatic rings. The highest BCUT2D eigenvalue weighted by Gasteiger charge is 2.33. The van der Waals surface area contributed by atoms with Gasteiger partial charge >= 0.3 is 6.09 Å². The van der Waals surface area contributed by atoms with Crippen LogP contribution in [0.1, 0.15) is 37.7 Å². The zero-order chi connectivity index (χ0) is 18.8. The Morgan fingerprint density at radius 3 is 2.69 bits per heavy atom. The minimum absolute atomic E-state index is 0.0316. The van der Waals surface area contributed by atoms with Gasteiger partial charge in [-0.05, 0) is 24.8 Å². The van der Waals surface area contributed by atoms with E-state index in [1.807, 2.05) is 30.3 Å². The van der Waals surface area contributed by atoms with Crippen LogP contribution in [0, 0.1) is 0 Å². The number of aliphatic hydroxyl groups is 2. The highest BCUT2D eigenvalue weighted by Crippen LogP contribution is 2.19. The summed E-state index contributed by atoms with van der Waals surface area (Å²) in [6.45, 7) is 0.940. The minimum atomic E-state index is -0.540. The first-order valence-electron chi connectivity index (χ1n) is 9.13. The monoisotopic (exact) mass is 364 g/mol. The lowest BCUT2D eigenvalue weighted by molar-refractivity contribution is -0.133. The summed E-state index contributed by atoms with van der Waals surface area (Å²) in [6, 6.07) is 9.21. The molecule has 1 aliphatic heterocycles. The Bertz CT molecular complexity index is 566. The number of amides is 2. The predicted molar refractivity (Wildman–Crippen MR) is 96.3 cm³/mol. The van der Waals surface area contributed by atoms with Gasteiger partial charge in [0.25, 0.3) is 0 Å². The van der Waals surface area contributed by atoms with E-state index in [0.717, 1.165) is 18.4 Å². The zero-order valence-electron chi connectivity index (χ0n) is 15.0. The van der Waals surface area contributed by atoms with Crippen LogP contribution in [-0.2, 0) is 16.1 Å². The van der Waals surface area contributed by atoms with Gasteiger partial charge in [-0.15, -0.1) is 0 Å². The third-order valence-corrected chi connectivity index (χ3v) is 4.47. The SMILES string of the molecule is O=C(NCCCCCC(=O)N1C[C@H](O)C[C@H]1CO)OCc1ccccc1. The Kier molecular flexibility index (Phi) is 8.37. The van der Waals surface area contributed by atoms with E-state index >= 15 is 0 Å². The summed E-state index contributed by atoms with van der Waals surface area (Å²) in [7, 11) is 0. The Morgan fingerprint density at radius 1 is 1.19 bits per heavy atom. The van der Waals surface area contributed by atoms with E-state index in [1.54, 1.807) is 4.90 Å². The number of carbonyl (C=O) groups is 2. The van der Waals surface area contributed by atoms with Gasteiger partial charge in [-0.25, -0.2) is 4.79 Å². The first-order valence-corrected chi connectivity index (χ1v) is 9.13. The first-order chi connectivity index (χ1) is 12.6. The lowest BCUT2D eigenvalue weighted by Crippen LogP contribution is -2.37. The smallest absolute Gasteiger partial charge is 0.407 e. The molecule has 0 aromatic heterocycles. The molecule has 0 unspecified atom stereocenters. The summed E-state index contributed by atoms with van der Waals surface area (Å²) in [5, 5.41) is 21.6. The number of carbonyl (C=O) groups excluding carboxylic acids is 2. The molecule has 7 heteroatoms. The number of likely N-dealkylation sites (tertiary alicyclic amines) is 1. The topological polar surface area (TPSA) is 99.1 Å². The van der Waals surface area contributed by atoms with Crippen molar-refractivity contribution in [3.63, 3.8) is 0 Å². The molecule has 0 radical (unpaired) electrons. The fraction of sp³-hybridized carbons (Fsp3) is 0.579. The van der Waals surface area contributed by atoms with Crippen LogP contribution < -0.4 is 5.32 Å². The van der Waals surface area contributed by atoms with Crippen LogP contribution in [0.5, 0.6) is 0 Å². The third-order valence-electron chi connectivity index (χ3n) is 4.47. The quantitative estimate of drug-likeness (QED) is 0.576. The van der Waals surface area contributed by atoms with Gasteiger partial charge in [0.05, 0.1) is 18.8 Å². The van der Waals surface area contributed by atoms with Crippen LogP contribution >= 0.6 is 0 Å². The highest BCUT2D eigenvalue weighted by molar-refractivity contribution is 5.76. The molecule has 0 aliphatic carbocycles. The zero-order valence-corrected chi connectivity index (χ0v) is 15.0. The van der Waals surface area contributed by atoms with Gasteiger partial charge in [0, 0.05) is 19.5 Å². The minimum Gasteiger partial charge on any atom is -0.445 e. The van der Waals surface area contributed by atoms with E-state index in [4.69, 9.17) is 4.74 Å². The lowest BCUT2D eigenvalue weighted by atomic mass is 10.1. The number of nitrogens with one attached hydrogen (secondary N) is 1. The van der Waals surface area contributed by atoms with Gasteiger partial charge < -0.3 is 25.2 Å². The molecule has 0 bridgehead atoms.